The van der Waals surface area contributed by atoms with E-state index in [4.69, 9.17) is 11.6 Å². The molecule has 0 bridgehead atoms. The number of hydrogen-bond acceptors (Lipinski definition) is 2. The summed E-state index contributed by atoms with van der Waals surface area (Å²) in [6.07, 6.45) is -4.77. The molecule has 1 heterocycles. The number of rotatable bonds is 0. The highest BCUT2D eigenvalue weighted by Gasteiger charge is 2.36. The lowest BCUT2D eigenvalue weighted by Gasteiger charge is -2.05. The molecule has 1 N–H and O–H groups in total. The molecule has 0 spiro atoms. The molecule has 0 radical (unpaired) electrons. The smallest absolute Gasteiger partial charge is 0.319 e. The lowest BCUT2D eigenvalue weighted by molar-refractivity contribution is -0.142. The molecule has 0 fully saturated rings. The van der Waals surface area contributed by atoms with Crippen LogP contribution in [0.3, 0.4) is 0 Å². The molecule has 0 aliphatic rings. The van der Waals surface area contributed by atoms with Crippen LogP contribution in [0.2, 0.25) is 5.02 Å². The average Bonchev–Trinajstić information content (AvgIpc) is 2.16. The molecule has 1 aromatic carbocycles. The maximum atomic E-state index is 12.4. The first-order valence-corrected chi connectivity index (χ1v) is 4.52. The monoisotopic (exact) mass is 248 g/mol. The molecule has 0 aliphatic carbocycles. The molecule has 0 amide bonds. The number of hydrogen-bond donors (Lipinski definition) is 1. The third kappa shape index (κ3) is 1.88. The number of alkyl halides is 3. The van der Waals surface area contributed by atoms with Crippen molar-refractivity contribution in [3.8, 4) is 0 Å². The first-order valence-electron chi connectivity index (χ1n) is 4.15. The Balaban J connectivity index is 2.79. The van der Waals surface area contributed by atoms with Crippen molar-refractivity contribution in [2.45, 2.75) is 6.18 Å². The number of fused-ring (bicyclic) bond motifs is 1. The Bertz CT molecular complexity index is 606. The Kier molecular flexibility index (Phi) is 2.38. The molecule has 0 atom stereocenters. The molecule has 7 heteroatoms. The van der Waals surface area contributed by atoms with Crippen molar-refractivity contribution >= 4 is 22.6 Å². The van der Waals surface area contributed by atoms with Gasteiger partial charge in [-0.2, -0.15) is 13.2 Å². The van der Waals surface area contributed by atoms with E-state index in [1.54, 1.807) is 0 Å². The summed E-state index contributed by atoms with van der Waals surface area (Å²) >= 11 is 5.61. The van der Waals surface area contributed by atoms with Crippen molar-refractivity contribution in [3.63, 3.8) is 0 Å². The fourth-order valence-electron chi connectivity index (χ4n) is 1.25. The minimum Gasteiger partial charge on any atom is -0.319 e. The van der Waals surface area contributed by atoms with Crippen LogP contribution in [0.4, 0.5) is 13.2 Å². The number of nitrogens with one attached hydrogen (secondary N) is 1. The Morgan fingerprint density at radius 1 is 1.31 bits per heavy atom. The van der Waals surface area contributed by atoms with Crippen molar-refractivity contribution in [3.05, 3.63) is 39.3 Å². The highest BCUT2D eigenvalue weighted by atomic mass is 35.5. The molecule has 3 nitrogen and oxygen atoms in total. The van der Waals surface area contributed by atoms with Crippen molar-refractivity contribution in [2.24, 2.45) is 0 Å². The van der Waals surface area contributed by atoms with Gasteiger partial charge >= 0.3 is 6.18 Å². The standard InChI is InChI=1S/C9H4ClF3N2O/c10-4-1-2-5-6(3-4)14-7(8(16)15-5)9(11,12)13/h1-3H,(H,15,16). The van der Waals surface area contributed by atoms with Gasteiger partial charge in [-0.25, -0.2) is 4.98 Å². The maximum absolute atomic E-state index is 12.4. The van der Waals surface area contributed by atoms with Crippen molar-refractivity contribution in [1.29, 1.82) is 0 Å². The minimum absolute atomic E-state index is 0.000532. The van der Waals surface area contributed by atoms with Gasteiger partial charge in [0.2, 0.25) is 5.69 Å². The summed E-state index contributed by atoms with van der Waals surface area (Å²) in [5, 5.41) is 0.250. The van der Waals surface area contributed by atoms with Crippen LogP contribution in [0.1, 0.15) is 5.69 Å². The molecule has 2 rings (SSSR count). The van der Waals surface area contributed by atoms with E-state index in [1.165, 1.54) is 18.2 Å². The van der Waals surface area contributed by atoms with E-state index in [0.29, 0.717) is 0 Å². The highest BCUT2D eigenvalue weighted by molar-refractivity contribution is 6.31. The molecular formula is C9H4ClF3N2O. The number of aromatic nitrogens is 2. The van der Waals surface area contributed by atoms with E-state index in [0.717, 1.165) is 0 Å². The zero-order chi connectivity index (χ0) is 11.9. The molecule has 84 valence electrons. The van der Waals surface area contributed by atoms with E-state index in [2.05, 4.69) is 9.97 Å². The van der Waals surface area contributed by atoms with Gasteiger partial charge in [0.25, 0.3) is 5.56 Å². The molecule has 0 aliphatic heterocycles. The maximum Gasteiger partial charge on any atom is 0.438 e. The molecule has 1 aromatic heterocycles. The van der Waals surface area contributed by atoms with Gasteiger partial charge in [-0.1, -0.05) is 11.6 Å². The van der Waals surface area contributed by atoms with E-state index < -0.39 is 17.4 Å². The van der Waals surface area contributed by atoms with Gasteiger partial charge in [-0.15, -0.1) is 0 Å². The number of benzene rings is 1. The fraction of sp³-hybridized carbons (Fsp3) is 0.111. The Morgan fingerprint density at radius 3 is 2.62 bits per heavy atom. The second-order valence-corrected chi connectivity index (χ2v) is 3.51. The van der Waals surface area contributed by atoms with Gasteiger partial charge in [0, 0.05) is 5.02 Å². The van der Waals surface area contributed by atoms with Crippen molar-refractivity contribution < 1.29 is 13.2 Å². The summed E-state index contributed by atoms with van der Waals surface area (Å²) in [6, 6.07) is 4.10. The second-order valence-electron chi connectivity index (χ2n) is 3.07. The Morgan fingerprint density at radius 2 is 2.00 bits per heavy atom. The lowest BCUT2D eigenvalue weighted by Crippen LogP contribution is -2.23. The van der Waals surface area contributed by atoms with Crippen LogP contribution in [-0.4, -0.2) is 9.97 Å². The van der Waals surface area contributed by atoms with Crippen LogP contribution in [0, 0.1) is 0 Å². The van der Waals surface area contributed by atoms with E-state index in [-0.39, 0.29) is 16.1 Å². The summed E-state index contributed by atoms with van der Waals surface area (Å²) in [7, 11) is 0. The van der Waals surface area contributed by atoms with Gasteiger partial charge in [-0.05, 0) is 18.2 Å². The van der Waals surface area contributed by atoms with Crippen molar-refractivity contribution in [2.75, 3.05) is 0 Å². The summed E-state index contributed by atoms with van der Waals surface area (Å²) < 4.78 is 37.1. The third-order valence-electron chi connectivity index (χ3n) is 1.92. The molecule has 0 saturated heterocycles. The SMILES string of the molecule is O=c1[nH]c2ccc(Cl)cc2nc1C(F)(F)F. The molecular weight excluding hydrogens is 245 g/mol. The largest absolute Gasteiger partial charge is 0.438 e. The number of halogens is 4. The van der Waals surface area contributed by atoms with Gasteiger partial charge in [-0.3, -0.25) is 4.79 Å². The first kappa shape index (κ1) is 10.9. The topological polar surface area (TPSA) is 45.8 Å². The van der Waals surface area contributed by atoms with Crippen LogP contribution in [0.25, 0.3) is 11.0 Å². The van der Waals surface area contributed by atoms with Crippen LogP contribution < -0.4 is 5.56 Å². The van der Waals surface area contributed by atoms with Crippen LogP contribution >= 0.6 is 11.6 Å². The van der Waals surface area contributed by atoms with E-state index in [9.17, 15) is 18.0 Å². The Labute approximate surface area is 91.9 Å². The minimum atomic E-state index is -4.77. The summed E-state index contributed by atoms with van der Waals surface area (Å²) in [5.74, 6) is 0. The van der Waals surface area contributed by atoms with Crippen molar-refractivity contribution in [1.82, 2.24) is 9.97 Å². The predicted molar refractivity (Wildman–Crippen MR) is 52.4 cm³/mol. The predicted octanol–water partition coefficient (Wildman–Crippen LogP) is 2.60. The molecule has 0 unspecified atom stereocenters. The number of aromatic amines is 1. The zero-order valence-electron chi connectivity index (χ0n) is 7.60. The Hall–Kier alpha value is -1.56. The molecule has 16 heavy (non-hydrogen) atoms. The normalized spacial score (nSPS) is 12.0. The van der Waals surface area contributed by atoms with Gasteiger partial charge in [0.1, 0.15) is 0 Å². The highest BCUT2D eigenvalue weighted by Crippen LogP contribution is 2.26. The van der Waals surface area contributed by atoms with Gasteiger partial charge in [0.15, 0.2) is 0 Å². The molecule has 2 aromatic rings. The zero-order valence-corrected chi connectivity index (χ0v) is 8.36. The summed E-state index contributed by atoms with van der Waals surface area (Å²) in [4.78, 5) is 16.4. The quantitative estimate of drug-likeness (QED) is 0.779. The number of nitrogens with zero attached hydrogens (tertiary/aromatic N) is 1. The third-order valence-corrected chi connectivity index (χ3v) is 2.16. The lowest BCUT2D eigenvalue weighted by atomic mass is 10.3. The van der Waals surface area contributed by atoms with E-state index in [1.807, 2.05) is 0 Å². The van der Waals surface area contributed by atoms with Gasteiger partial charge < -0.3 is 4.98 Å². The van der Waals surface area contributed by atoms with Crippen LogP contribution in [0.15, 0.2) is 23.0 Å². The van der Waals surface area contributed by atoms with Gasteiger partial charge in [0.05, 0.1) is 11.0 Å². The first-order chi connectivity index (χ1) is 7.38. The van der Waals surface area contributed by atoms with Crippen LogP contribution in [0.5, 0.6) is 0 Å². The fourth-order valence-corrected chi connectivity index (χ4v) is 1.41. The van der Waals surface area contributed by atoms with E-state index >= 15 is 0 Å². The number of H-pyrrole nitrogens is 1. The second kappa shape index (κ2) is 3.48. The van der Waals surface area contributed by atoms with Crippen LogP contribution in [-0.2, 0) is 6.18 Å². The summed E-state index contributed by atoms with van der Waals surface area (Å²) in [5.41, 5.74) is -2.52. The average molecular weight is 249 g/mol. The molecule has 0 saturated carbocycles. The summed E-state index contributed by atoms with van der Waals surface area (Å²) in [6.45, 7) is 0.